The lowest BCUT2D eigenvalue weighted by atomic mass is 10.1. The van der Waals surface area contributed by atoms with Crippen LogP contribution in [0.2, 0.25) is 0 Å². The van der Waals surface area contributed by atoms with Crippen molar-refractivity contribution in [2.24, 2.45) is 0 Å². The third-order valence-corrected chi connectivity index (χ3v) is 3.97. The summed E-state index contributed by atoms with van der Waals surface area (Å²) in [6, 6.07) is 14.6. The molecule has 6 nitrogen and oxygen atoms in total. The van der Waals surface area contributed by atoms with Crippen molar-refractivity contribution in [2.75, 3.05) is 14.2 Å². The van der Waals surface area contributed by atoms with Crippen LogP contribution >= 0.6 is 0 Å². The van der Waals surface area contributed by atoms with E-state index in [-0.39, 0.29) is 17.0 Å². The number of allylic oxidation sites excluding steroid dienone is 3. The molecule has 3 aromatic rings. The second-order valence-electron chi connectivity index (χ2n) is 5.59. The molecule has 3 rings (SSSR count). The minimum absolute atomic E-state index is 0.213. The largest absolute Gasteiger partial charge is 0.497 e. The summed E-state index contributed by atoms with van der Waals surface area (Å²) in [7, 11) is 3.13. The summed E-state index contributed by atoms with van der Waals surface area (Å²) in [4.78, 5) is 19.4. The van der Waals surface area contributed by atoms with Crippen molar-refractivity contribution in [3.63, 3.8) is 0 Å². The van der Waals surface area contributed by atoms with Gasteiger partial charge in [-0.3, -0.25) is 4.79 Å². The molecule has 0 amide bonds. The van der Waals surface area contributed by atoms with Gasteiger partial charge in [-0.15, -0.1) is 0 Å². The standard InChI is InChI=1S/C21H17N3O3/c1-26-16-10-11-18-17(12-16)21(25)24-20(23-18)15(13-22)8-5-7-14-6-3-4-9-19(14)27-2/h3-12H,1-2H3,(H,23,24,25). The Labute approximate surface area is 156 Å². The molecule has 0 spiro atoms. The number of aromatic nitrogens is 2. The van der Waals surface area contributed by atoms with E-state index < -0.39 is 0 Å². The van der Waals surface area contributed by atoms with E-state index in [4.69, 9.17) is 9.47 Å². The maximum absolute atomic E-state index is 12.3. The van der Waals surface area contributed by atoms with Gasteiger partial charge in [0.1, 0.15) is 17.6 Å². The maximum Gasteiger partial charge on any atom is 0.259 e. The van der Waals surface area contributed by atoms with Crippen molar-refractivity contribution in [2.45, 2.75) is 0 Å². The van der Waals surface area contributed by atoms with Gasteiger partial charge in [-0.05, 0) is 30.3 Å². The van der Waals surface area contributed by atoms with Crippen LogP contribution in [0, 0.1) is 11.3 Å². The Balaban J connectivity index is 1.98. The number of H-pyrrole nitrogens is 1. The molecule has 0 saturated heterocycles. The molecule has 0 radical (unpaired) electrons. The smallest absolute Gasteiger partial charge is 0.259 e. The van der Waals surface area contributed by atoms with Gasteiger partial charge in [0, 0.05) is 5.56 Å². The molecule has 0 bridgehead atoms. The maximum atomic E-state index is 12.3. The van der Waals surface area contributed by atoms with Gasteiger partial charge < -0.3 is 14.5 Å². The number of aromatic amines is 1. The first-order valence-electron chi connectivity index (χ1n) is 8.16. The summed E-state index contributed by atoms with van der Waals surface area (Å²) in [6.45, 7) is 0. The third-order valence-electron chi connectivity index (χ3n) is 3.97. The number of methoxy groups -OCH3 is 2. The van der Waals surface area contributed by atoms with Gasteiger partial charge in [-0.25, -0.2) is 4.98 Å². The molecule has 0 aliphatic carbocycles. The fourth-order valence-electron chi connectivity index (χ4n) is 2.59. The monoisotopic (exact) mass is 359 g/mol. The van der Waals surface area contributed by atoms with Crippen LogP contribution < -0.4 is 15.0 Å². The number of fused-ring (bicyclic) bond motifs is 1. The van der Waals surface area contributed by atoms with Crippen LogP contribution in [0.15, 0.2) is 59.4 Å². The van der Waals surface area contributed by atoms with E-state index in [9.17, 15) is 10.1 Å². The number of benzene rings is 2. The van der Waals surface area contributed by atoms with Gasteiger partial charge in [0.2, 0.25) is 0 Å². The van der Waals surface area contributed by atoms with E-state index in [1.54, 1.807) is 37.5 Å². The first kappa shape index (κ1) is 18.0. The third kappa shape index (κ3) is 3.88. The molecule has 1 N–H and O–H groups in total. The lowest BCUT2D eigenvalue weighted by molar-refractivity contribution is 0.414. The molecule has 0 aliphatic heterocycles. The van der Waals surface area contributed by atoms with E-state index in [1.165, 1.54) is 7.11 Å². The first-order valence-corrected chi connectivity index (χ1v) is 8.16. The topological polar surface area (TPSA) is 88.0 Å². The molecule has 0 fully saturated rings. The van der Waals surface area contributed by atoms with Gasteiger partial charge in [-0.2, -0.15) is 5.26 Å². The Kier molecular flexibility index (Phi) is 5.33. The van der Waals surface area contributed by atoms with Gasteiger partial charge in [-0.1, -0.05) is 30.4 Å². The van der Waals surface area contributed by atoms with Crippen molar-refractivity contribution >= 4 is 22.6 Å². The summed E-state index contributed by atoms with van der Waals surface area (Å²) < 4.78 is 10.4. The predicted octanol–water partition coefficient (Wildman–Crippen LogP) is 3.56. The van der Waals surface area contributed by atoms with Crippen LogP contribution in [0.3, 0.4) is 0 Å². The fourth-order valence-corrected chi connectivity index (χ4v) is 2.59. The van der Waals surface area contributed by atoms with Crippen molar-refractivity contribution in [1.82, 2.24) is 9.97 Å². The SMILES string of the molecule is COc1ccc2nc(C(C#N)=CC=Cc3ccccc3OC)[nH]c(=O)c2c1. The quantitative estimate of drug-likeness (QED) is 0.556. The summed E-state index contributed by atoms with van der Waals surface area (Å²) >= 11 is 0. The van der Waals surface area contributed by atoms with Crippen molar-refractivity contribution in [3.05, 3.63) is 76.4 Å². The van der Waals surface area contributed by atoms with Crippen LogP contribution in [0.1, 0.15) is 11.4 Å². The Bertz CT molecular complexity index is 1140. The van der Waals surface area contributed by atoms with Gasteiger partial charge >= 0.3 is 0 Å². The molecular formula is C21H17N3O3. The molecule has 27 heavy (non-hydrogen) atoms. The van der Waals surface area contributed by atoms with Gasteiger partial charge in [0.15, 0.2) is 5.82 Å². The van der Waals surface area contributed by atoms with Crippen molar-refractivity contribution < 1.29 is 9.47 Å². The Hall–Kier alpha value is -3.85. The summed E-state index contributed by atoms with van der Waals surface area (Å²) in [5.41, 5.74) is 1.28. The van der Waals surface area contributed by atoms with Crippen LogP contribution in [0.4, 0.5) is 0 Å². The summed E-state index contributed by atoms with van der Waals surface area (Å²) in [5.74, 6) is 1.51. The minimum atomic E-state index is -0.330. The predicted molar refractivity (Wildman–Crippen MR) is 105 cm³/mol. The molecule has 134 valence electrons. The molecule has 0 aliphatic rings. The van der Waals surface area contributed by atoms with Crippen LogP contribution in [0.25, 0.3) is 22.6 Å². The molecule has 1 aromatic heterocycles. The van der Waals surface area contributed by atoms with Crippen molar-refractivity contribution in [1.29, 1.82) is 5.26 Å². The number of para-hydroxylation sites is 1. The van der Waals surface area contributed by atoms with Gasteiger partial charge in [0.05, 0.1) is 30.7 Å². The van der Waals surface area contributed by atoms with E-state index in [1.807, 2.05) is 30.3 Å². The van der Waals surface area contributed by atoms with E-state index >= 15 is 0 Å². The molecule has 0 atom stereocenters. The number of rotatable bonds is 5. The highest BCUT2D eigenvalue weighted by Gasteiger charge is 2.08. The van der Waals surface area contributed by atoms with Crippen molar-refractivity contribution in [3.8, 4) is 17.6 Å². The number of ether oxygens (including phenoxy) is 2. The molecular weight excluding hydrogens is 342 g/mol. The van der Waals surface area contributed by atoms with Gasteiger partial charge in [0.25, 0.3) is 5.56 Å². The minimum Gasteiger partial charge on any atom is -0.497 e. The zero-order valence-electron chi connectivity index (χ0n) is 14.9. The average molecular weight is 359 g/mol. The lowest BCUT2D eigenvalue weighted by Crippen LogP contribution is -2.11. The highest BCUT2D eigenvalue weighted by atomic mass is 16.5. The number of hydrogen-bond acceptors (Lipinski definition) is 5. The highest BCUT2D eigenvalue weighted by molar-refractivity contribution is 5.83. The number of nitriles is 1. The lowest BCUT2D eigenvalue weighted by Gasteiger charge is -2.04. The van der Waals surface area contributed by atoms with Crippen LogP contribution in [-0.4, -0.2) is 24.2 Å². The Morgan fingerprint density at radius 3 is 2.74 bits per heavy atom. The second kappa shape index (κ2) is 8.02. The van der Waals surface area contributed by atoms with E-state index in [0.717, 1.165) is 11.3 Å². The first-order chi connectivity index (χ1) is 13.2. The Morgan fingerprint density at radius 2 is 2.00 bits per heavy atom. The van der Waals surface area contributed by atoms with Crippen LogP contribution in [0.5, 0.6) is 11.5 Å². The second-order valence-corrected chi connectivity index (χ2v) is 5.59. The zero-order valence-corrected chi connectivity index (χ0v) is 14.9. The molecule has 6 heteroatoms. The average Bonchev–Trinajstić information content (AvgIpc) is 2.71. The van der Waals surface area contributed by atoms with Crippen LogP contribution in [-0.2, 0) is 0 Å². The molecule has 0 unspecified atom stereocenters. The van der Waals surface area contributed by atoms with E-state index in [2.05, 4.69) is 16.0 Å². The Morgan fingerprint density at radius 1 is 1.19 bits per heavy atom. The highest BCUT2D eigenvalue weighted by Crippen LogP contribution is 2.20. The number of hydrogen-bond donors (Lipinski definition) is 1. The number of nitrogens with zero attached hydrogens (tertiary/aromatic N) is 2. The summed E-state index contributed by atoms with van der Waals surface area (Å²) in [5, 5.41) is 9.87. The molecule has 2 aromatic carbocycles. The fraction of sp³-hybridized carbons (Fsp3) is 0.0952. The molecule has 1 heterocycles. The zero-order chi connectivity index (χ0) is 19.2. The number of nitrogens with one attached hydrogen (secondary N) is 1. The normalized spacial score (nSPS) is 11.5. The van der Waals surface area contributed by atoms with E-state index in [0.29, 0.717) is 16.7 Å². The summed E-state index contributed by atoms with van der Waals surface area (Å²) in [6.07, 6.45) is 5.13. The molecule has 0 saturated carbocycles.